The Morgan fingerprint density at radius 3 is 2.78 bits per heavy atom. The molecule has 0 atom stereocenters. The number of rotatable bonds is 8. The van der Waals surface area contributed by atoms with Crippen LogP contribution in [0.25, 0.3) is 0 Å². The van der Waals surface area contributed by atoms with Gasteiger partial charge in [-0.3, -0.25) is 14.9 Å². The van der Waals surface area contributed by atoms with Gasteiger partial charge in [0.15, 0.2) is 0 Å². The first-order chi connectivity index (χ1) is 8.67. The van der Waals surface area contributed by atoms with Crippen molar-refractivity contribution in [2.45, 2.75) is 0 Å². The van der Waals surface area contributed by atoms with Crippen molar-refractivity contribution in [2.24, 2.45) is 0 Å². The summed E-state index contributed by atoms with van der Waals surface area (Å²) < 4.78 is 10.0. The molecule has 0 saturated carbocycles. The summed E-state index contributed by atoms with van der Waals surface area (Å²) in [4.78, 5) is 24.5. The van der Waals surface area contributed by atoms with Gasteiger partial charge in [-0.05, 0) is 0 Å². The first kappa shape index (κ1) is 13.7. The second-order valence-electron chi connectivity index (χ2n) is 3.13. The van der Waals surface area contributed by atoms with Gasteiger partial charge in [0.05, 0.1) is 23.3 Å². The van der Waals surface area contributed by atoms with E-state index in [1.54, 1.807) is 0 Å². The number of benzene rings is 1. The van der Waals surface area contributed by atoms with Crippen LogP contribution in [0.3, 0.4) is 0 Å². The van der Waals surface area contributed by atoms with Crippen molar-refractivity contribution in [1.82, 2.24) is 0 Å². The van der Waals surface area contributed by atoms with E-state index in [4.69, 9.17) is 9.47 Å². The van der Waals surface area contributed by atoms with Crippen LogP contribution < -0.4 is 10.2 Å². The maximum absolute atomic E-state index is 10.7. The van der Waals surface area contributed by atoms with Gasteiger partial charge < -0.3 is 14.3 Å². The predicted molar refractivity (Wildman–Crippen MR) is 61.2 cm³/mol. The number of nitrogens with zero attached hydrogens (tertiary/aromatic N) is 1. The maximum Gasteiger partial charge on any atom is 0.320 e. The van der Waals surface area contributed by atoms with Gasteiger partial charge in [0.2, 0.25) is 0 Å². The largest absolute Gasteiger partial charge is 0.491 e. The number of hydrogen-bond acceptors (Lipinski definition) is 7. The molecule has 1 aromatic rings. The molecule has 0 bridgehead atoms. The summed E-state index contributed by atoms with van der Waals surface area (Å²) in [6.45, 7) is 0.784. The van der Waals surface area contributed by atoms with Gasteiger partial charge in [0.25, 0.3) is 5.69 Å². The topological polar surface area (TPSA) is 99.9 Å². The molecule has 0 aliphatic heterocycles. The second-order valence-corrected chi connectivity index (χ2v) is 3.13. The molecule has 0 amide bonds. The van der Waals surface area contributed by atoms with Crippen LogP contribution in [0, 0.1) is 10.1 Å². The number of carbonyl (C=O) groups is 1. The first-order valence-electron chi connectivity index (χ1n) is 4.94. The van der Waals surface area contributed by atoms with E-state index in [1.807, 2.05) is 0 Å². The number of non-ortho nitro benzene ring substituents is 1. The highest BCUT2D eigenvalue weighted by atomic mass is 16.7. The monoisotopic (exact) mass is 256 g/mol. The Hall–Kier alpha value is -2.35. The van der Waals surface area contributed by atoms with Gasteiger partial charge in [-0.1, -0.05) is 0 Å². The third-order valence-corrected chi connectivity index (χ3v) is 1.88. The summed E-state index contributed by atoms with van der Waals surface area (Å²) in [5, 5.41) is 10.7. The van der Waals surface area contributed by atoms with E-state index in [0.29, 0.717) is 6.61 Å². The van der Waals surface area contributed by atoms with Gasteiger partial charge in [0.1, 0.15) is 12.4 Å². The van der Waals surface area contributed by atoms with Gasteiger partial charge >= 0.3 is 6.47 Å². The highest BCUT2D eigenvalue weighted by Crippen LogP contribution is 2.25. The van der Waals surface area contributed by atoms with Crippen LogP contribution in [0.4, 0.5) is 11.4 Å². The zero-order valence-corrected chi connectivity index (χ0v) is 9.62. The Morgan fingerprint density at radius 2 is 2.17 bits per heavy atom. The fraction of sp³-hybridized carbons (Fsp3) is 0.300. The number of ether oxygens (including phenoxy) is 2. The number of methoxy groups -OCH3 is 1. The van der Waals surface area contributed by atoms with Crippen molar-refractivity contribution in [3.63, 3.8) is 0 Å². The van der Waals surface area contributed by atoms with Crippen LogP contribution >= 0.6 is 0 Å². The number of nitrogens with one attached hydrogen (secondary N) is 1. The van der Waals surface area contributed by atoms with Crippen LogP contribution in [0.5, 0.6) is 5.75 Å². The molecule has 8 nitrogen and oxygen atoms in total. The van der Waals surface area contributed by atoms with Crippen LogP contribution in [0.1, 0.15) is 0 Å². The average Bonchev–Trinajstić information content (AvgIpc) is 2.36. The number of hydrogen-bond donors (Lipinski definition) is 1. The molecule has 0 saturated heterocycles. The highest BCUT2D eigenvalue weighted by Gasteiger charge is 2.11. The molecule has 0 unspecified atom stereocenters. The van der Waals surface area contributed by atoms with Crippen molar-refractivity contribution in [1.29, 1.82) is 0 Å². The lowest BCUT2D eigenvalue weighted by Gasteiger charge is -2.08. The minimum absolute atomic E-state index is 0.171. The first-order valence-corrected chi connectivity index (χ1v) is 4.94. The second kappa shape index (κ2) is 7.07. The average molecular weight is 256 g/mol. The molecule has 0 fully saturated rings. The normalized spacial score (nSPS) is 9.61. The molecule has 18 heavy (non-hydrogen) atoms. The fourth-order valence-corrected chi connectivity index (χ4v) is 1.17. The Morgan fingerprint density at radius 1 is 1.39 bits per heavy atom. The van der Waals surface area contributed by atoms with E-state index in [9.17, 15) is 14.9 Å². The molecular formula is C10H12N2O6. The minimum Gasteiger partial charge on any atom is -0.491 e. The molecule has 0 radical (unpaired) electrons. The summed E-state index contributed by atoms with van der Waals surface area (Å²) >= 11 is 0. The number of nitro benzene ring substituents is 1. The molecule has 0 aliphatic carbocycles. The minimum atomic E-state index is -0.574. The summed E-state index contributed by atoms with van der Waals surface area (Å²) in [5.74, 6) is 0.276. The van der Waals surface area contributed by atoms with Gasteiger partial charge in [0, 0.05) is 19.2 Å². The summed E-state index contributed by atoms with van der Waals surface area (Å²) in [6.07, 6.45) is 0. The molecule has 0 aliphatic rings. The third kappa shape index (κ3) is 4.26. The standard InChI is InChI=1S/C10H12N2O6/c1-16-2-3-17-10-5-8(11-18-7-13)4-9(6-10)12(14)15/h4-7,11H,2-3H2,1H3. The van der Waals surface area contributed by atoms with E-state index in [2.05, 4.69) is 10.3 Å². The van der Waals surface area contributed by atoms with E-state index >= 15 is 0 Å². The Kier molecular flexibility index (Phi) is 5.39. The summed E-state index contributed by atoms with van der Waals surface area (Å²) in [7, 11) is 1.52. The lowest BCUT2D eigenvalue weighted by atomic mass is 10.2. The van der Waals surface area contributed by atoms with Crippen molar-refractivity contribution in [3.8, 4) is 5.75 Å². The molecule has 0 heterocycles. The number of anilines is 1. The molecule has 0 spiro atoms. The maximum atomic E-state index is 10.7. The Balaban J connectivity index is 2.83. The van der Waals surface area contributed by atoms with Gasteiger partial charge in [-0.25, -0.2) is 5.48 Å². The van der Waals surface area contributed by atoms with Crippen molar-refractivity contribution < 1.29 is 24.0 Å². The van der Waals surface area contributed by atoms with E-state index in [-0.39, 0.29) is 30.2 Å². The lowest BCUT2D eigenvalue weighted by molar-refractivity contribution is -0.384. The smallest absolute Gasteiger partial charge is 0.320 e. The molecule has 1 rings (SSSR count). The van der Waals surface area contributed by atoms with Crippen molar-refractivity contribution in [2.75, 3.05) is 25.8 Å². The molecule has 0 aromatic heterocycles. The zero-order chi connectivity index (χ0) is 13.4. The van der Waals surface area contributed by atoms with E-state index < -0.39 is 4.92 Å². The molecule has 8 heteroatoms. The Labute approximate surface area is 103 Å². The van der Waals surface area contributed by atoms with Crippen LogP contribution in [-0.2, 0) is 14.4 Å². The Bertz CT molecular complexity index is 423. The third-order valence-electron chi connectivity index (χ3n) is 1.88. The van der Waals surface area contributed by atoms with E-state index in [0.717, 1.165) is 0 Å². The molecule has 1 aromatic carbocycles. The van der Waals surface area contributed by atoms with Gasteiger partial charge in [-0.15, -0.1) is 0 Å². The molecule has 1 N–H and O–H groups in total. The van der Waals surface area contributed by atoms with Gasteiger partial charge in [-0.2, -0.15) is 0 Å². The van der Waals surface area contributed by atoms with Crippen LogP contribution in [-0.4, -0.2) is 31.7 Å². The molecular weight excluding hydrogens is 244 g/mol. The van der Waals surface area contributed by atoms with E-state index in [1.165, 1.54) is 25.3 Å². The molecule has 98 valence electrons. The van der Waals surface area contributed by atoms with Crippen LogP contribution in [0.15, 0.2) is 18.2 Å². The van der Waals surface area contributed by atoms with Crippen LogP contribution in [0.2, 0.25) is 0 Å². The summed E-state index contributed by atoms with van der Waals surface area (Å²) in [6, 6.07) is 3.95. The quantitative estimate of drug-likeness (QED) is 0.322. The van der Waals surface area contributed by atoms with Crippen molar-refractivity contribution in [3.05, 3.63) is 28.3 Å². The number of nitro groups is 1. The number of carbonyl (C=O) groups excluding carboxylic acids is 1. The summed E-state index contributed by atoms with van der Waals surface area (Å²) in [5.41, 5.74) is 2.30. The zero-order valence-electron chi connectivity index (χ0n) is 9.62. The lowest BCUT2D eigenvalue weighted by Crippen LogP contribution is -2.05. The fourth-order valence-electron chi connectivity index (χ4n) is 1.17. The predicted octanol–water partition coefficient (Wildman–Crippen LogP) is 1.12. The highest BCUT2D eigenvalue weighted by molar-refractivity contribution is 5.56. The SMILES string of the molecule is COCCOc1cc(NOC=O)cc([N+](=O)[O-])c1. The van der Waals surface area contributed by atoms with Crippen molar-refractivity contribution >= 4 is 17.8 Å².